The maximum atomic E-state index is 12.8. The molecule has 1 atom stereocenters. The van der Waals surface area contributed by atoms with Gasteiger partial charge in [-0.3, -0.25) is 19.3 Å². The van der Waals surface area contributed by atoms with E-state index in [1.165, 1.54) is 0 Å². The fraction of sp³-hybridized carbons (Fsp3) is 0.217. The minimum Gasteiger partial charge on any atom is -0.460 e. The zero-order valence-corrected chi connectivity index (χ0v) is 16.7. The quantitative estimate of drug-likeness (QED) is 0.405. The number of amides is 3. The van der Waals surface area contributed by atoms with Crippen LogP contribution in [0.15, 0.2) is 52.9 Å². The zero-order chi connectivity index (χ0) is 22.0. The van der Waals surface area contributed by atoms with Crippen LogP contribution in [-0.2, 0) is 22.7 Å². The van der Waals surface area contributed by atoms with Crippen LogP contribution in [0.4, 0.5) is 0 Å². The first-order valence-corrected chi connectivity index (χ1v) is 9.91. The third-order valence-electron chi connectivity index (χ3n) is 5.29. The summed E-state index contributed by atoms with van der Waals surface area (Å²) in [6.45, 7) is 0.955. The second-order valence-electron chi connectivity index (χ2n) is 7.38. The molecule has 158 valence electrons. The highest BCUT2D eigenvalue weighted by Crippen LogP contribution is 2.27. The van der Waals surface area contributed by atoms with Gasteiger partial charge in [-0.15, -0.1) is 0 Å². The number of fused-ring (bicyclic) bond motifs is 2. The van der Waals surface area contributed by atoms with E-state index in [2.05, 4.69) is 5.32 Å². The highest BCUT2D eigenvalue weighted by Gasteiger charge is 2.41. The van der Waals surface area contributed by atoms with Crippen LogP contribution in [0.3, 0.4) is 0 Å². The van der Waals surface area contributed by atoms with E-state index in [1.54, 1.807) is 18.2 Å². The minimum absolute atomic E-state index is 0.0101. The Morgan fingerprint density at radius 3 is 2.58 bits per heavy atom. The Labute approximate surface area is 178 Å². The van der Waals surface area contributed by atoms with Crippen LogP contribution in [-0.4, -0.2) is 34.9 Å². The van der Waals surface area contributed by atoms with Gasteiger partial charge in [0.2, 0.25) is 5.91 Å². The van der Waals surface area contributed by atoms with E-state index in [-0.39, 0.29) is 24.0 Å². The van der Waals surface area contributed by atoms with Gasteiger partial charge in [0.1, 0.15) is 23.7 Å². The molecule has 31 heavy (non-hydrogen) atoms. The van der Waals surface area contributed by atoms with E-state index >= 15 is 0 Å². The molecule has 1 aliphatic heterocycles. The highest BCUT2D eigenvalue weighted by atomic mass is 16.3. The Morgan fingerprint density at radius 2 is 1.84 bits per heavy atom. The molecular weight excluding hydrogens is 398 g/mol. The number of carbonyl (C=O) groups excluding carboxylic acids is 4. The lowest BCUT2D eigenvalue weighted by atomic mass is 10.1. The second kappa shape index (κ2) is 8.53. The van der Waals surface area contributed by atoms with Gasteiger partial charge in [0.15, 0.2) is 0 Å². The van der Waals surface area contributed by atoms with Gasteiger partial charge >= 0.3 is 0 Å². The molecule has 3 N–H and O–H groups in total. The Hall–Kier alpha value is -3.78. The summed E-state index contributed by atoms with van der Waals surface area (Å²) in [7, 11) is 0. The predicted octanol–water partition coefficient (Wildman–Crippen LogP) is 2.15. The number of hydrogen-bond donors (Lipinski definition) is 2. The van der Waals surface area contributed by atoms with Crippen LogP contribution in [0, 0.1) is 0 Å². The lowest BCUT2D eigenvalue weighted by molar-refractivity contribution is -0.122. The van der Waals surface area contributed by atoms with E-state index < -0.39 is 23.8 Å². The van der Waals surface area contributed by atoms with Gasteiger partial charge in [-0.2, -0.15) is 0 Å². The van der Waals surface area contributed by atoms with Crippen molar-refractivity contribution >= 4 is 35.0 Å². The van der Waals surface area contributed by atoms with Crippen molar-refractivity contribution in [3.8, 4) is 0 Å². The van der Waals surface area contributed by atoms with E-state index in [0.29, 0.717) is 19.4 Å². The van der Waals surface area contributed by atoms with Crippen LogP contribution in [0.25, 0.3) is 11.0 Å². The highest BCUT2D eigenvalue weighted by molar-refractivity contribution is 6.22. The van der Waals surface area contributed by atoms with Crippen molar-refractivity contribution in [2.24, 2.45) is 5.73 Å². The molecule has 0 saturated heterocycles. The number of hydrogen-bond acceptors (Lipinski definition) is 6. The zero-order valence-electron chi connectivity index (χ0n) is 16.7. The molecule has 0 bridgehead atoms. The summed E-state index contributed by atoms with van der Waals surface area (Å²) in [5.41, 5.74) is 7.45. The van der Waals surface area contributed by atoms with Gasteiger partial charge in [-0.05, 0) is 36.2 Å². The molecule has 2 aromatic carbocycles. The number of rotatable bonds is 9. The third-order valence-corrected chi connectivity index (χ3v) is 5.29. The van der Waals surface area contributed by atoms with E-state index in [4.69, 9.17) is 10.2 Å². The van der Waals surface area contributed by atoms with Gasteiger partial charge in [-0.1, -0.05) is 24.3 Å². The molecule has 3 amide bonds. The number of nitrogens with two attached hydrogens (primary N) is 1. The first-order chi connectivity index (χ1) is 15.0. The van der Waals surface area contributed by atoms with Gasteiger partial charge in [0.05, 0.1) is 17.7 Å². The average molecular weight is 419 g/mol. The van der Waals surface area contributed by atoms with Crippen molar-refractivity contribution in [1.29, 1.82) is 0 Å². The third kappa shape index (κ3) is 3.97. The Balaban J connectivity index is 1.46. The standard InChI is InChI=1S/C23H21N3O5/c24-21(28)19(5-3-9-27)26-22(29)17-8-7-14(10-18(17)23(26)30)12-25-13-16-11-15-4-1-2-6-20(15)31-16/h1-2,4,6-11,19,25H,3,5,12-13H2,(H2,24,28). The van der Waals surface area contributed by atoms with Gasteiger partial charge < -0.3 is 20.3 Å². The normalized spacial score (nSPS) is 14.1. The topological polar surface area (TPSA) is 123 Å². The van der Waals surface area contributed by atoms with Crippen molar-refractivity contribution in [2.45, 2.75) is 32.0 Å². The molecule has 3 aromatic rings. The van der Waals surface area contributed by atoms with Crippen LogP contribution in [0.5, 0.6) is 0 Å². The maximum Gasteiger partial charge on any atom is 0.262 e. The van der Waals surface area contributed by atoms with Gasteiger partial charge in [0, 0.05) is 18.4 Å². The lowest BCUT2D eigenvalue weighted by Crippen LogP contribution is -2.47. The first-order valence-electron chi connectivity index (χ1n) is 9.91. The monoisotopic (exact) mass is 419 g/mol. The fourth-order valence-electron chi connectivity index (χ4n) is 3.78. The van der Waals surface area contributed by atoms with Crippen LogP contribution in [0.1, 0.15) is 44.9 Å². The average Bonchev–Trinajstić information content (AvgIpc) is 3.28. The number of benzene rings is 2. The van der Waals surface area contributed by atoms with Gasteiger partial charge in [0.25, 0.3) is 11.8 Å². The minimum atomic E-state index is -1.15. The Kier molecular flexibility index (Phi) is 5.64. The molecule has 1 unspecified atom stereocenters. The molecule has 8 heteroatoms. The summed E-state index contributed by atoms with van der Waals surface area (Å²) in [6, 6.07) is 13.5. The fourth-order valence-corrected chi connectivity index (χ4v) is 3.78. The van der Waals surface area contributed by atoms with E-state index in [0.717, 1.165) is 27.2 Å². The second-order valence-corrected chi connectivity index (χ2v) is 7.38. The first kappa shape index (κ1) is 20.5. The summed E-state index contributed by atoms with van der Waals surface area (Å²) in [5.74, 6) is -1.17. The molecule has 0 fully saturated rings. The Bertz CT molecular complexity index is 1150. The number of imide groups is 1. The lowest BCUT2D eigenvalue weighted by Gasteiger charge is -2.22. The molecule has 1 aromatic heterocycles. The largest absolute Gasteiger partial charge is 0.460 e. The molecule has 8 nitrogen and oxygen atoms in total. The van der Waals surface area contributed by atoms with Crippen molar-refractivity contribution in [2.75, 3.05) is 0 Å². The van der Waals surface area contributed by atoms with Gasteiger partial charge in [-0.25, -0.2) is 0 Å². The molecule has 0 radical (unpaired) electrons. The summed E-state index contributed by atoms with van der Waals surface area (Å²) < 4.78 is 5.77. The van der Waals surface area contributed by atoms with Crippen LogP contribution >= 0.6 is 0 Å². The van der Waals surface area contributed by atoms with Crippen molar-refractivity contribution in [3.63, 3.8) is 0 Å². The molecule has 1 aliphatic rings. The molecule has 2 heterocycles. The van der Waals surface area contributed by atoms with Crippen molar-refractivity contribution < 1.29 is 23.6 Å². The predicted molar refractivity (Wildman–Crippen MR) is 112 cm³/mol. The number of primary amides is 1. The summed E-state index contributed by atoms with van der Waals surface area (Å²) in [4.78, 5) is 48.8. The van der Waals surface area contributed by atoms with Crippen LogP contribution < -0.4 is 11.1 Å². The number of aldehydes is 1. The van der Waals surface area contributed by atoms with Crippen LogP contribution in [0.2, 0.25) is 0 Å². The molecule has 0 aliphatic carbocycles. The van der Waals surface area contributed by atoms with E-state index in [9.17, 15) is 19.2 Å². The maximum absolute atomic E-state index is 12.8. The van der Waals surface area contributed by atoms with Crippen molar-refractivity contribution in [3.05, 3.63) is 71.0 Å². The number of nitrogens with one attached hydrogen (secondary N) is 1. The smallest absolute Gasteiger partial charge is 0.262 e. The summed E-state index contributed by atoms with van der Waals surface area (Å²) in [5, 5.41) is 4.29. The van der Waals surface area contributed by atoms with Crippen molar-refractivity contribution in [1.82, 2.24) is 10.2 Å². The molecule has 0 spiro atoms. The number of carbonyl (C=O) groups is 4. The molecular formula is C23H21N3O5. The SMILES string of the molecule is NC(=O)C(CCC=O)N1C(=O)c2ccc(CNCc3cc4ccccc4o3)cc2C1=O. The molecule has 4 rings (SSSR count). The Morgan fingerprint density at radius 1 is 1.06 bits per heavy atom. The number of para-hydroxylation sites is 1. The summed E-state index contributed by atoms with van der Waals surface area (Å²) in [6.07, 6.45) is 0.661. The van der Waals surface area contributed by atoms with E-state index in [1.807, 2.05) is 30.3 Å². The number of furan rings is 1. The molecule has 0 saturated carbocycles. The summed E-state index contributed by atoms with van der Waals surface area (Å²) >= 11 is 0. The number of nitrogens with zero attached hydrogens (tertiary/aromatic N) is 1.